The highest BCUT2D eigenvalue weighted by Gasteiger charge is 2.23. The summed E-state index contributed by atoms with van der Waals surface area (Å²) >= 11 is 0. The van der Waals surface area contributed by atoms with Gasteiger partial charge >= 0.3 is 0 Å². The zero-order valence-electron chi connectivity index (χ0n) is 23.1. The number of ketones is 2. The maximum Gasteiger partial charge on any atom is 0.237 e. The molecular formula is C34H33NO6. The average molecular weight is 552 g/mol. The first-order chi connectivity index (χ1) is 20.0. The van der Waals surface area contributed by atoms with Crippen LogP contribution < -0.4 is 19.5 Å². The van der Waals surface area contributed by atoms with Gasteiger partial charge in [-0.3, -0.25) is 9.59 Å². The van der Waals surface area contributed by atoms with E-state index in [1.165, 1.54) is 11.1 Å². The summed E-state index contributed by atoms with van der Waals surface area (Å²) < 4.78 is 16.9. The summed E-state index contributed by atoms with van der Waals surface area (Å²) in [5.41, 5.74) is 3.77. The normalized spacial score (nSPS) is 15.0. The maximum absolute atomic E-state index is 12.9. The van der Waals surface area contributed by atoms with Crippen molar-refractivity contribution < 1.29 is 28.9 Å². The van der Waals surface area contributed by atoms with Crippen molar-refractivity contribution in [2.24, 2.45) is 0 Å². The maximum atomic E-state index is 12.9. The smallest absolute Gasteiger partial charge is 0.237 e. The van der Waals surface area contributed by atoms with Gasteiger partial charge < -0.3 is 24.6 Å². The van der Waals surface area contributed by atoms with Crippen molar-refractivity contribution in [3.8, 4) is 23.0 Å². The lowest BCUT2D eigenvalue weighted by molar-refractivity contribution is 0.0815. The molecule has 0 amide bonds. The molecule has 0 heterocycles. The third kappa shape index (κ3) is 6.48. The van der Waals surface area contributed by atoms with E-state index in [1.807, 2.05) is 6.07 Å². The van der Waals surface area contributed by atoms with E-state index in [4.69, 9.17) is 14.2 Å². The minimum absolute atomic E-state index is 0.194. The van der Waals surface area contributed by atoms with Crippen LogP contribution in [0.1, 0.15) is 49.9 Å². The van der Waals surface area contributed by atoms with Crippen molar-refractivity contribution in [1.82, 2.24) is 5.32 Å². The van der Waals surface area contributed by atoms with Crippen LogP contribution >= 0.6 is 0 Å². The number of Topliss-reactive ketones (excluding diaryl/α,β-unsaturated/α-hetero) is 2. The van der Waals surface area contributed by atoms with Crippen molar-refractivity contribution in [3.05, 3.63) is 119 Å². The second kappa shape index (κ2) is 12.8. The highest BCUT2D eigenvalue weighted by Crippen LogP contribution is 2.34. The molecule has 0 radical (unpaired) electrons. The van der Waals surface area contributed by atoms with Crippen LogP contribution in [0.25, 0.3) is 0 Å². The van der Waals surface area contributed by atoms with Crippen LogP contribution in [0.3, 0.4) is 0 Å². The number of fused-ring (bicyclic) bond motifs is 1. The third-order valence-corrected chi connectivity index (χ3v) is 7.40. The Morgan fingerprint density at radius 2 is 1.49 bits per heavy atom. The van der Waals surface area contributed by atoms with E-state index in [-0.39, 0.29) is 11.6 Å². The monoisotopic (exact) mass is 551 g/mol. The Labute approximate surface area is 239 Å². The molecule has 4 aromatic rings. The number of benzene rings is 4. The molecule has 1 aliphatic carbocycles. The Balaban J connectivity index is 1.19. The standard InChI is InChI=1S/C34H33NO6/c1-39-31-19-24-12-15-26(18-25(24)20-32(31)40-2)35-21-29(36)22-13-16-27(17-14-22)41-30-11-7-6-10-28(30)34(38)33(37)23-8-4-3-5-9-23/h3-11,13-14,16-17,19-20,26,29,35-36H,12,15,18,21H2,1-2H3. The third-order valence-electron chi connectivity index (χ3n) is 7.40. The zero-order valence-corrected chi connectivity index (χ0v) is 23.1. The van der Waals surface area contributed by atoms with Crippen molar-refractivity contribution in [2.75, 3.05) is 20.8 Å². The molecule has 0 aromatic heterocycles. The van der Waals surface area contributed by atoms with E-state index in [1.54, 1.807) is 93.1 Å². The summed E-state index contributed by atoms with van der Waals surface area (Å²) in [4.78, 5) is 25.7. The Morgan fingerprint density at radius 3 is 2.20 bits per heavy atom. The van der Waals surface area contributed by atoms with Gasteiger partial charge in [-0.25, -0.2) is 0 Å². The van der Waals surface area contributed by atoms with Crippen LogP contribution in [0.15, 0.2) is 91.0 Å². The molecule has 2 unspecified atom stereocenters. The molecule has 0 fully saturated rings. The molecule has 210 valence electrons. The molecule has 41 heavy (non-hydrogen) atoms. The van der Waals surface area contributed by atoms with Gasteiger partial charge in [-0.1, -0.05) is 54.6 Å². The number of ether oxygens (including phenoxy) is 3. The lowest BCUT2D eigenvalue weighted by atomic mass is 9.87. The molecule has 0 bridgehead atoms. The van der Waals surface area contributed by atoms with Crippen LogP contribution in [0, 0.1) is 0 Å². The first-order valence-corrected chi connectivity index (χ1v) is 13.6. The van der Waals surface area contributed by atoms with Gasteiger partial charge in [0, 0.05) is 18.2 Å². The van der Waals surface area contributed by atoms with Crippen LogP contribution in [-0.4, -0.2) is 43.5 Å². The van der Waals surface area contributed by atoms with Gasteiger partial charge in [0.05, 0.1) is 25.9 Å². The molecule has 5 rings (SSSR count). The lowest BCUT2D eigenvalue weighted by Gasteiger charge is -2.27. The molecule has 0 saturated heterocycles. The Kier molecular flexibility index (Phi) is 8.77. The Hall–Kier alpha value is -4.46. The molecule has 7 nitrogen and oxygen atoms in total. The minimum Gasteiger partial charge on any atom is -0.493 e. The van der Waals surface area contributed by atoms with Gasteiger partial charge in [0.15, 0.2) is 11.5 Å². The topological polar surface area (TPSA) is 94.1 Å². The van der Waals surface area contributed by atoms with E-state index in [0.717, 1.165) is 36.3 Å². The van der Waals surface area contributed by atoms with Crippen molar-refractivity contribution in [1.29, 1.82) is 0 Å². The molecule has 2 N–H and O–H groups in total. The fraction of sp³-hybridized carbons (Fsp3) is 0.235. The summed E-state index contributed by atoms with van der Waals surface area (Å²) in [6.45, 7) is 0.409. The number of aryl methyl sites for hydroxylation is 1. The number of para-hydroxylation sites is 1. The molecule has 2 atom stereocenters. The number of aliphatic hydroxyl groups excluding tert-OH is 1. The fourth-order valence-electron chi connectivity index (χ4n) is 5.12. The summed E-state index contributed by atoms with van der Waals surface area (Å²) in [6.07, 6.45) is 2.04. The van der Waals surface area contributed by atoms with Gasteiger partial charge in [0.1, 0.15) is 11.5 Å². The SMILES string of the molecule is COc1cc2c(cc1OC)CC(NCC(O)c1ccc(Oc3ccccc3C(=O)C(=O)c3ccccc3)cc1)CC2. The number of hydrogen-bond acceptors (Lipinski definition) is 7. The number of rotatable bonds is 11. The number of carbonyl (C=O) groups excluding carboxylic acids is 2. The second-order valence-corrected chi connectivity index (χ2v) is 10.0. The zero-order chi connectivity index (χ0) is 28.8. The van der Waals surface area contributed by atoms with Gasteiger partial charge in [-0.2, -0.15) is 0 Å². The van der Waals surface area contributed by atoms with E-state index in [0.29, 0.717) is 23.6 Å². The quantitative estimate of drug-likeness (QED) is 0.181. The molecular weight excluding hydrogens is 518 g/mol. The van der Waals surface area contributed by atoms with Crippen molar-refractivity contribution in [3.63, 3.8) is 0 Å². The average Bonchev–Trinajstić information content (AvgIpc) is 3.03. The van der Waals surface area contributed by atoms with Gasteiger partial charge in [0.25, 0.3) is 0 Å². The van der Waals surface area contributed by atoms with Gasteiger partial charge in [-0.05, 0) is 72.4 Å². The minimum atomic E-state index is -0.701. The van der Waals surface area contributed by atoms with E-state index >= 15 is 0 Å². The van der Waals surface area contributed by atoms with Crippen LogP contribution in [0.5, 0.6) is 23.0 Å². The van der Waals surface area contributed by atoms with Crippen LogP contribution in [-0.2, 0) is 12.8 Å². The molecule has 0 saturated carbocycles. The number of nitrogens with one attached hydrogen (secondary N) is 1. The molecule has 0 aliphatic heterocycles. The highest BCUT2D eigenvalue weighted by atomic mass is 16.5. The number of aliphatic hydroxyl groups is 1. The van der Waals surface area contributed by atoms with Crippen LogP contribution in [0.4, 0.5) is 0 Å². The van der Waals surface area contributed by atoms with Crippen molar-refractivity contribution in [2.45, 2.75) is 31.4 Å². The summed E-state index contributed by atoms with van der Waals surface area (Å²) in [5, 5.41) is 14.3. The predicted octanol–water partition coefficient (Wildman–Crippen LogP) is 5.74. The molecule has 0 spiro atoms. The number of methoxy groups -OCH3 is 2. The first kappa shape index (κ1) is 28.1. The second-order valence-electron chi connectivity index (χ2n) is 10.0. The van der Waals surface area contributed by atoms with Crippen LogP contribution in [0.2, 0.25) is 0 Å². The van der Waals surface area contributed by atoms with E-state index in [2.05, 4.69) is 11.4 Å². The molecule has 1 aliphatic rings. The van der Waals surface area contributed by atoms with Gasteiger partial charge in [0.2, 0.25) is 11.6 Å². The van der Waals surface area contributed by atoms with Crippen molar-refractivity contribution >= 4 is 11.6 Å². The Bertz CT molecular complexity index is 1520. The molecule has 4 aromatic carbocycles. The summed E-state index contributed by atoms with van der Waals surface area (Å²) in [5.74, 6) is 1.04. The first-order valence-electron chi connectivity index (χ1n) is 13.6. The summed E-state index contributed by atoms with van der Waals surface area (Å²) in [6, 6.07) is 26.6. The fourth-order valence-corrected chi connectivity index (χ4v) is 5.12. The predicted molar refractivity (Wildman–Crippen MR) is 156 cm³/mol. The number of hydrogen-bond donors (Lipinski definition) is 2. The summed E-state index contributed by atoms with van der Waals surface area (Å²) in [7, 11) is 3.29. The Morgan fingerprint density at radius 1 is 0.829 bits per heavy atom. The lowest BCUT2D eigenvalue weighted by Crippen LogP contribution is -2.37. The highest BCUT2D eigenvalue weighted by molar-refractivity contribution is 6.49. The number of carbonyl (C=O) groups is 2. The van der Waals surface area contributed by atoms with Gasteiger partial charge in [-0.15, -0.1) is 0 Å². The van der Waals surface area contributed by atoms with E-state index in [9.17, 15) is 14.7 Å². The van der Waals surface area contributed by atoms with E-state index < -0.39 is 17.7 Å². The molecule has 7 heteroatoms. The largest absolute Gasteiger partial charge is 0.493 e.